The van der Waals surface area contributed by atoms with Gasteiger partial charge in [0.15, 0.2) is 0 Å². The van der Waals surface area contributed by atoms with Gasteiger partial charge in [-0.25, -0.2) is 4.98 Å². The van der Waals surface area contributed by atoms with Crippen LogP contribution in [0.4, 0.5) is 5.82 Å². The zero-order valence-electron chi connectivity index (χ0n) is 11.9. The van der Waals surface area contributed by atoms with Gasteiger partial charge in [-0.05, 0) is 18.6 Å². The van der Waals surface area contributed by atoms with E-state index in [9.17, 15) is 4.79 Å². The van der Waals surface area contributed by atoms with Crippen LogP contribution < -0.4 is 10.6 Å². The first-order valence-electron chi connectivity index (χ1n) is 6.47. The number of aromatic nitrogens is 1. The molecule has 104 valence electrons. The summed E-state index contributed by atoms with van der Waals surface area (Å²) in [6.07, 6.45) is 1.05. The molecule has 0 bridgehead atoms. The van der Waals surface area contributed by atoms with Gasteiger partial charge in [-0.2, -0.15) is 0 Å². The average Bonchev–Trinajstić information content (AvgIpc) is 2.42. The highest BCUT2D eigenvalue weighted by Crippen LogP contribution is 2.42. The topological polar surface area (TPSA) is 63.2 Å². The first-order valence-corrected chi connectivity index (χ1v) is 6.47. The lowest BCUT2D eigenvalue weighted by atomic mass is 9.64. The molecule has 0 aromatic carbocycles. The summed E-state index contributed by atoms with van der Waals surface area (Å²) in [5, 5.41) is 5.95. The van der Waals surface area contributed by atoms with Crippen LogP contribution >= 0.6 is 0 Å². The molecule has 1 saturated carbocycles. The third kappa shape index (κ3) is 2.56. The minimum atomic E-state index is -0.135. The molecule has 19 heavy (non-hydrogen) atoms. The van der Waals surface area contributed by atoms with Crippen LogP contribution in [0.25, 0.3) is 0 Å². The van der Waals surface area contributed by atoms with Crippen molar-refractivity contribution in [2.24, 2.45) is 5.41 Å². The predicted octanol–water partition coefficient (Wildman–Crippen LogP) is 1.67. The van der Waals surface area contributed by atoms with E-state index in [1.807, 2.05) is 12.1 Å². The minimum Gasteiger partial charge on any atom is -0.381 e. The molecule has 2 unspecified atom stereocenters. The van der Waals surface area contributed by atoms with Gasteiger partial charge in [-0.1, -0.05) is 19.9 Å². The highest BCUT2D eigenvalue weighted by Gasteiger charge is 2.49. The van der Waals surface area contributed by atoms with Gasteiger partial charge >= 0.3 is 0 Å². The highest BCUT2D eigenvalue weighted by atomic mass is 16.5. The lowest BCUT2D eigenvalue weighted by Gasteiger charge is -2.51. The Morgan fingerprint density at radius 2 is 2.21 bits per heavy atom. The number of amides is 1. The summed E-state index contributed by atoms with van der Waals surface area (Å²) in [6.45, 7) is 4.21. The molecule has 5 heteroatoms. The minimum absolute atomic E-state index is 0.0367. The van der Waals surface area contributed by atoms with Gasteiger partial charge in [0.05, 0.1) is 6.10 Å². The monoisotopic (exact) mass is 263 g/mol. The molecular weight excluding hydrogens is 242 g/mol. The van der Waals surface area contributed by atoms with Crippen LogP contribution in [0, 0.1) is 5.41 Å². The number of pyridine rings is 1. The first kappa shape index (κ1) is 13.8. The van der Waals surface area contributed by atoms with E-state index in [1.54, 1.807) is 20.2 Å². The van der Waals surface area contributed by atoms with E-state index < -0.39 is 0 Å². The van der Waals surface area contributed by atoms with Crippen molar-refractivity contribution in [1.82, 2.24) is 10.3 Å². The third-order valence-corrected chi connectivity index (χ3v) is 4.01. The first-order chi connectivity index (χ1) is 8.98. The van der Waals surface area contributed by atoms with Crippen molar-refractivity contribution in [2.45, 2.75) is 32.4 Å². The molecule has 0 spiro atoms. The molecule has 0 aliphatic heterocycles. The quantitative estimate of drug-likeness (QED) is 0.867. The number of methoxy groups -OCH3 is 1. The van der Waals surface area contributed by atoms with Crippen molar-refractivity contribution in [2.75, 3.05) is 19.5 Å². The maximum atomic E-state index is 12.2. The van der Waals surface area contributed by atoms with Gasteiger partial charge in [0.25, 0.3) is 5.91 Å². The summed E-state index contributed by atoms with van der Waals surface area (Å²) in [5.41, 5.74) is 0.397. The number of anilines is 1. The summed E-state index contributed by atoms with van der Waals surface area (Å²) >= 11 is 0. The van der Waals surface area contributed by atoms with Gasteiger partial charge in [-0.3, -0.25) is 4.79 Å². The van der Waals surface area contributed by atoms with Gasteiger partial charge in [0, 0.05) is 25.6 Å². The number of rotatable bonds is 4. The van der Waals surface area contributed by atoms with Gasteiger partial charge < -0.3 is 15.4 Å². The summed E-state index contributed by atoms with van der Waals surface area (Å²) in [6, 6.07) is 5.49. The SMILES string of the molecule is CNc1cccc(C(=O)NC2CC(OC)C2(C)C)n1. The van der Waals surface area contributed by atoms with Crippen molar-refractivity contribution >= 4 is 11.7 Å². The molecule has 1 aliphatic rings. The van der Waals surface area contributed by atoms with Crippen LogP contribution in [0.3, 0.4) is 0 Å². The molecule has 1 heterocycles. The number of hydrogen-bond donors (Lipinski definition) is 2. The van der Waals surface area contributed by atoms with E-state index in [0.29, 0.717) is 11.5 Å². The molecule has 2 rings (SSSR count). The van der Waals surface area contributed by atoms with Gasteiger partial charge in [-0.15, -0.1) is 0 Å². The molecule has 2 atom stereocenters. The fourth-order valence-corrected chi connectivity index (χ4v) is 2.46. The second-order valence-corrected chi connectivity index (χ2v) is 5.47. The molecule has 1 fully saturated rings. The molecular formula is C14H21N3O2. The number of hydrogen-bond acceptors (Lipinski definition) is 4. The van der Waals surface area contributed by atoms with Crippen LogP contribution in [-0.2, 0) is 4.74 Å². The zero-order chi connectivity index (χ0) is 14.0. The van der Waals surface area contributed by atoms with Crippen LogP contribution in [0.2, 0.25) is 0 Å². The highest BCUT2D eigenvalue weighted by molar-refractivity contribution is 5.93. The van der Waals surface area contributed by atoms with Crippen LogP contribution in [-0.4, -0.2) is 37.2 Å². The van der Waals surface area contributed by atoms with E-state index in [0.717, 1.165) is 6.42 Å². The molecule has 0 saturated heterocycles. The van der Waals surface area contributed by atoms with E-state index in [2.05, 4.69) is 29.5 Å². The molecule has 1 aromatic heterocycles. The van der Waals surface area contributed by atoms with Gasteiger partial charge in [0.2, 0.25) is 0 Å². The zero-order valence-corrected chi connectivity index (χ0v) is 11.9. The van der Waals surface area contributed by atoms with Crippen molar-refractivity contribution in [3.8, 4) is 0 Å². The Morgan fingerprint density at radius 3 is 2.79 bits per heavy atom. The van der Waals surface area contributed by atoms with Crippen LogP contribution in [0.1, 0.15) is 30.8 Å². The third-order valence-electron chi connectivity index (χ3n) is 4.01. The lowest BCUT2D eigenvalue weighted by Crippen LogP contribution is -2.61. The van der Waals surface area contributed by atoms with Crippen molar-refractivity contribution in [3.63, 3.8) is 0 Å². The fourth-order valence-electron chi connectivity index (χ4n) is 2.46. The molecule has 0 radical (unpaired) electrons. The summed E-state index contributed by atoms with van der Waals surface area (Å²) in [4.78, 5) is 16.4. The van der Waals surface area contributed by atoms with Crippen molar-refractivity contribution in [1.29, 1.82) is 0 Å². The Bertz CT molecular complexity index is 474. The molecule has 1 aromatic rings. The molecule has 5 nitrogen and oxygen atoms in total. The Kier molecular flexibility index (Phi) is 3.75. The number of nitrogens with one attached hydrogen (secondary N) is 2. The number of carbonyl (C=O) groups is 1. The normalized spacial score (nSPS) is 24.4. The van der Waals surface area contributed by atoms with Gasteiger partial charge in [0.1, 0.15) is 11.5 Å². The molecule has 2 N–H and O–H groups in total. The Labute approximate surface area is 113 Å². The van der Waals surface area contributed by atoms with Crippen LogP contribution in [0.5, 0.6) is 0 Å². The standard InChI is InChI=1S/C14H21N3O2/c1-14(2)10(8-11(14)19-4)17-13(18)9-6-5-7-12(15-3)16-9/h5-7,10-11H,8H2,1-4H3,(H,15,16)(H,17,18). The largest absolute Gasteiger partial charge is 0.381 e. The molecule has 1 aliphatic carbocycles. The van der Waals surface area contributed by atoms with Crippen molar-refractivity contribution in [3.05, 3.63) is 23.9 Å². The lowest BCUT2D eigenvalue weighted by molar-refractivity contribution is -0.0942. The van der Waals surface area contributed by atoms with E-state index in [4.69, 9.17) is 4.74 Å². The van der Waals surface area contributed by atoms with E-state index in [1.165, 1.54) is 0 Å². The second-order valence-electron chi connectivity index (χ2n) is 5.47. The Hall–Kier alpha value is -1.62. The second kappa shape index (κ2) is 5.17. The van der Waals surface area contributed by atoms with E-state index >= 15 is 0 Å². The predicted molar refractivity (Wildman–Crippen MR) is 74.2 cm³/mol. The van der Waals surface area contributed by atoms with Crippen LogP contribution in [0.15, 0.2) is 18.2 Å². The number of ether oxygens (including phenoxy) is 1. The number of nitrogens with zero attached hydrogens (tertiary/aromatic N) is 1. The summed E-state index contributed by atoms with van der Waals surface area (Å²) in [7, 11) is 3.49. The van der Waals surface area contributed by atoms with E-state index in [-0.39, 0.29) is 23.5 Å². The maximum absolute atomic E-state index is 12.2. The fraction of sp³-hybridized carbons (Fsp3) is 0.571. The smallest absolute Gasteiger partial charge is 0.270 e. The Balaban J connectivity index is 2.02. The number of carbonyl (C=O) groups excluding carboxylic acids is 1. The average molecular weight is 263 g/mol. The summed E-state index contributed by atoms with van der Waals surface area (Å²) < 4.78 is 5.38. The summed E-state index contributed by atoms with van der Waals surface area (Å²) in [5.74, 6) is 0.556. The van der Waals surface area contributed by atoms with Crippen molar-refractivity contribution < 1.29 is 9.53 Å². The Morgan fingerprint density at radius 1 is 1.47 bits per heavy atom. The molecule has 1 amide bonds. The maximum Gasteiger partial charge on any atom is 0.270 e.